The quantitative estimate of drug-likeness (QED) is 0.501. The summed E-state index contributed by atoms with van der Waals surface area (Å²) in [5.41, 5.74) is 4.46. The number of hydrogen-bond donors (Lipinski definition) is 2. The number of nitrogens with one attached hydrogen (secondary N) is 1. The number of piperidine rings is 1. The maximum atomic E-state index is 11.2. The minimum atomic E-state index is -0.156. The molecule has 1 aliphatic heterocycles. The largest absolute Gasteiger partial charge is 0.296 e. The zero-order chi connectivity index (χ0) is 14.5. The lowest BCUT2D eigenvalue weighted by molar-refractivity contribution is -0.120. The Morgan fingerprint density at radius 2 is 1.95 bits per heavy atom. The van der Waals surface area contributed by atoms with Crippen molar-refractivity contribution in [1.29, 1.82) is 0 Å². The van der Waals surface area contributed by atoms with E-state index in [1.54, 1.807) is 0 Å². The first-order chi connectivity index (χ1) is 9.60. The molecule has 0 aliphatic carbocycles. The number of nitrogens with zero attached hydrogens (tertiary/aromatic N) is 1. The third-order valence-corrected chi connectivity index (χ3v) is 4.44. The van der Waals surface area contributed by atoms with Gasteiger partial charge in [0.25, 0.3) is 0 Å². The van der Waals surface area contributed by atoms with Gasteiger partial charge in [0.05, 0.1) is 6.42 Å². The number of nitrogens with two attached hydrogens (primary N) is 1. The van der Waals surface area contributed by atoms with Crippen LogP contribution in [0.4, 0.5) is 0 Å². The first kappa shape index (κ1) is 15.0. The van der Waals surface area contributed by atoms with Crippen LogP contribution in [0.2, 0.25) is 0 Å². The first-order valence-electron chi connectivity index (χ1n) is 7.41. The number of benzene rings is 1. The Bertz CT molecular complexity index is 444. The van der Waals surface area contributed by atoms with E-state index < -0.39 is 0 Å². The molecule has 1 amide bonds. The van der Waals surface area contributed by atoms with E-state index >= 15 is 0 Å². The number of hydrazine groups is 1. The monoisotopic (exact) mass is 275 g/mol. The Morgan fingerprint density at radius 3 is 2.60 bits per heavy atom. The molecule has 1 aliphatic rings. The van der Waals surface area contributed by atoms with E-state index in [2.05, 4.69) is 36.3 Å². The summed E-state index contributed by atoms with van der Waals surface area (Å²) in [6, 6.07) is 8.91. The van der Waals surface area contributed by atoms with E-state index in [1.165, 1.54) is 24.9 Å². The van der Waals surface area contributed by atoms with Crippen molar-refractivity contribution in [2.24, 2.45) is 11.8 Å². The molecule has 0 bridgehead atoms. The van der Waals surface area contributed by atoms with Gasteiger partial charge in [0.2, 0.25) is 5.91 Å². The Hall–Kier alpha value is -1.39. The molecular formula is C16H25N3O. The molecule has 2 atom stereocenters. The van der Waals surface area contributed by atoms with E-state index in [9.17, 15) is 4.79 Å². The lowest BCUT2D eigenvalue weighted by atomic mass is 9.91. The number of hydrogen-bond acceptors (Lipinski definition) is 3. The molecule has 1 heterocycles. The highest BCUT2D eigenvalue weighted by Crippen LogP contribution is 2.24. The van der Waals surface area contributed by atoms with Crippen molar-refractivity contribution < 1.29 is 4.79 Å². The van der Waals surface area contributed by atoms with Crippen LogP contribution in [-0.2, 0) is 17.8 Å². The van der Waals surface area contributed by atoms with Gasteiger partial charge in [-0.05, 0) is 43.4 Å². The molecule has 1 saturated heterocycles. The summed E-state index contributed by atoms with van der Waals surface area (Å²) < 4.78 is 0. The zero-order valence-electron chi connectivity index (χ0n) is 12.4. The van der Waals surface area contributed by atoms with Gasteiger partial charge in [-0.3, -0.25) is 15.1 Å². The molecule has 0 aromatic heterocycles. The molecule has 2 unspecified atom stereocenters. The second kappa shape index (κ2) is 6.86. The van der Waals surface area contributed by atoms with Crippen molar-refractivity contribution in [2.45, 2.75) is 45.7 Å². The molecule has 3 N–H and O–H groups in total. The maximum absolute atomic E-state index is 11.2. The van der Waals surface area contributed by atoms with Gasteiger partial charge in [-0.1, -0.05) is 31.2 Å². The van der Waals surface area contributed by atoms with Gasteiger partial charge >= 0.3 is 0 Å². The van der Waals surface area contributed by atoms with E-state index in [0.29, 0.717) is 12.5 Å². The van der Waals surface area contributed by atoms with Crippen molar-refractivity contribution in [3.8, 4) is 0 Å². The smallest absolute Gasteiger partial charge is 0.238 e. The molecule has 1 aromatic rings. The van der Waals surface area contributed by atoms with E-state index in [0.717, 1.165) is 18.0 Å². The molecule has 0 saturated carbocycles. The molecule has 1 fully saturated rings. The van der Waals surface area contributed by atoms with Crippen LogP contribution in [0.15, 0.2) is 24.3 Å². The Labute approximate surface area is 121 Å². The molecule has 20 heavy (non-hydrogen) atoms. The predicted molar refractivity (Wildman–Crippen MR) is 80.7 cm³/mol. The average molecular weight is 275 g/mol. The van der Waals surface area contributed by atoms with Crippen molar-refractivity contribution >= 4 is 5.91 Å². The van der Waals surface area contributed by atoms with Crippen LogP contribution < -0.4 is 11.3 Å². The second-order valence-electron chi connectivity index (χ2n) is 5.89. The van der Waals surface area contributed by atoms with Crippen molar-refractivity contribution in [1.82, 2.24) is 10.3 Å². The zero-order valence-corrected chi connectivity index (χ0v) is 12.4. The summed E-state index contributed by atoms with van der Waals surface area (Å²) in [5.74, 6) is 5.71. The minimum Gasteiger partial charge on any atom is -0.296 e. The molecule has 4 heteroatoms. The van der Waals surface area contributed by atoms with Crippen LogP contribution in [0.25, 0.3) is 0 Å². The highest BCUT2D eigenvalue weighted by Gasteiger charge is 2.24. The second-order valence-corrected chi connectivity index (χ2v) is 5.89. The van der Waals surface area contributed by atoms with Crippen LogP contribution in [-0.4, -0.2) is 23.4 Å². The fourth-order valence-corrected chi connectivity index (χ4v) is 2.88. The molecule has 110 valence electrons. The maximum Gasteiger partial charge on any atom is 0.238 e. The topological polar surface area (TPSA) is 58.4 Å². The third-order valence-electron chi connectivity index (χ3n) is 4.44. The Morgan fingerprint density at radius 1 is 1.30 bits per heavy atom. The number of likely N-dealkylation sites (tertiary alicyclic amines) is 1. The van der Waals surface area contributed by atoms with Gasteiger partial charge < -0.3 is 0 Å². The van der Waals surface area contributed by atoms with Crippen molar-refractivity contribution in [3.63, 3.8) is 0 Å². The van der Waals surface area contributed by atoms with Crippen LogP contribution >= 0.6 is 0 Å². The summed E-state index contributed by atoms with van der Waals surface area (Å²) in [7, 11) is 0. The van der Waals surface area contributed by atoms with Gasteiger partial charge in [-0.25, -0.2) is 5.84 Å². The number of carbonyl (C=O) groups is 1. The van der Waals surface area contributed by atoms with E-state index in [-0.39, 0.29) is 5.91 Å². The summed E-state index contributed by atoms with van der Waals surface area (Å²) in [4.78, 5) is 13.8. The number of rotatable bonds is 4. The lowest BCUT2D eigenvalue weighted by Gasteiger charge is -2.38. The van der Waals surface area contributed by atoms with Crippen LogP contribution in [0.3, 0.4) is 0 Å². The Kier molecular flexibility index (Phi) is 5.15. The molecule has 0 radical (unpaired) electrons. The van der Waals surface area contributed by atoms with E-state index in [4.69, 9.17) is 5.84 Å². The minimum absolute atomic E-state index is 0.156. The van der Waals surface area contributed by atoms with Gasteiger partial charge in [0, 0.05) is 12.6 Å². The fraction of sp³-hybridized carbons (Fsp3) is 0.562. The standard InChI is InChI=1S/C16H25N3O/c1-12-4-3-9-19(13(12)2)11-15-7-5-14(6-8-15)10-16(20)18-17/h5-8,12-13H,3-4,9-11,17H2,1-2H3,(H,18,20). The highest BCUT2D eigenvalue weighted by molar-refractivity contribution is 5.77. The van der Waals surface area contributed by atoms with Crippen molar-refractivity contribution in [2.75, 3.05) is 6.54 Å². The molecular weight excluding hydrogens is 250 g/mol. The molecule has 4 nitrogen and oxygen atoms in total. The van der Waals surface area contributed by atoms with Gasteiger partial charge in [0.15, 0.2) is 0 Å². The highest BCUT2D eigenvalue weighted by atomic mass is 16.2. The number of carbonyl (C=O) groups excluding carboxylic acids is 1. The normalized spacial score (nSPS) is 23.6. The summed E-state index contributed by atoms with van der Waals surface area (Å²) >= 11 is 0. The molecule has 0 spiro atoms. The Balaban J connectivity index is 1.94. The predicted octanol–water partition coefficient (Wildman–Crippen LogP) is 1.84. The fourth-order valence-electron chi connectivity index (χ4n) is 2.88. The summed E-state index contributed by atoms with van der Waals surface area (Å²) in [6.07, 6.45) is 2.97. The number of amides is 1. The molecule has 2 rings (SSSR count). The summed E-state index contributed by atoms with van der Waals surface area (Å²) in [6.45, 7) is 6.84. The van der Waals surface area contributed by atoms with E-state index in [1.807, 2.05) is 12.1 Å². The van der Waals surface area contributed by atoms with Crippen LogP contribution in [0.5, 0.6) is 0 Å². The first-order valence-corrected chi connectivity index (χ1v) is 7.41. The van der Waals surface area contributed by atoms with Gasteiger partial charge in [-0.15, -0.1) is 0 Å². The van der Waals surface area contributed by atoms with Crippen molar-refractivity contribution in [3.05, 3.63) is 35.4 Å². The van der Waals surface area contributed by atoms with Gasteiger partial charge in [0.1, 0.15) is 0 Å². The summed E-state index contributed by atoms with van der Waals surface area (Å²) in [5, 5.41) is 0. The lowest BCUT2D eigenvalue weighted by Crippen LogP contribution is -2.41. The van der Waals surface area contributed by atoms with Crippen LogP contribution in [0, 0.1) is 5.92 Å². The van der Waals surface area contributed by atoms with Crippen LogP contribution in [0.1, 0.15) is 37.8 Å². The average Bonchev–Trinajstić information content (AvgIpc) is 2.46. The SMILES string of the molecule is CC1CCCN(Cc2ccc(CC(=O)NN)cc2)C1C. The molecule has 1 aromatic carbocycles. The van der Waals surface area contributed by atoms with Gasteiger partial charge in [-0.2, -0.15) is 0 Å². The third kappa shape index (κ3) is 3.81.